The molecule has 2 heterocycles. The monoisotopic (exact) mass is 403 g/mol. The highest BCUT2D eigenvalue weighted by atomic mass is 19.1. The maximum atomic E-state index is 13.4. The van der Waals surface area contributed by atoms with Crippen LogP contribution >= 0.6 is 0 Å². The van der Waals surface area contributed by atoms with Crippen molar-refractivity contribution in [1.82, 2.24) is 19.8 Å². The summed E-state index contributed by atoms with van der Waals surface area (Å²) in [5.41, 5.74) is 5.42. The van der Waals surface area contributed by atoms with Gasteiger partial charge in [-0.3, -0.25) is 4.79 Å². The minimum atomic E-state index is -0.346. The van der Waals surface area contributed by atoms with Crippen LogP contribution in [0.5, 0.6) is 0 Å². The highest BCUT2D eigenvalue weighted by molar-refractivity contribution is 6.04. The van der Waals surface area contributed by atoms with Crippen LogP contribution in [0.2, 0.25) is 0 Å². The van der Waals surface area contributed by atoms with Gasteiger partial charge < -0.3 is 5.32 Å². The summed E-state index contributed by atoms with van der Waals surface area (Å²) in [6.07, 6.45) is 0. The van der Waals surface area contributed by atoms with E-state index in [0.29, 0.717) is 11.3 Å². The van der Waals surface area contributed by atoms with Crippen molar-refractivity contribution in [2.45, 2.75) is 33.6 Å². The van der Waals surface area contributed by atoms with E-state index in [1.807, 2.05) is 45.0 Å². The van der Waals surface area contributed by atoms with Crippen molar-refractivity contribution in [1.29, 1.82) is 0 Å². The zero-order chi connectivity index (χ0) is 21.4. The molecule has 0 spiro atoms. The fraction of sp³-hybridized carbons (Fsp3) is 0.217. The van der Waals surface area contributed by atoms with E-state index in [9.17, 15) is 9.18 Å². The molecule has 6 nitrogen and oxygen atoms in total. The van der Waals surface area contributed by atoms with Crippen LogP contribution in [0.3, 0.4) is 0 Å². The van der Waals surface area contributed by atoms with Crippen molar-refractivity contribution >= 4 is 17.2 Å². The molecule has 7 heteroatoms. The summed E-state index contributed by atoms with van der Waals surface area (Å²) in [5, 5.41) is 16.1. The van der Waals surface area contributed by atoms with Gasteiger partial charge in [0.25, 0.3) is 5.91 Å². The molecule has 1 N–H and O–H groups in total. The molecule has 30 heavy (non-hydrogen) atoms. The number of benzene rings is 2. The third-order valence-corrected chi connectivity index (χ3v) is 5.08. The van der Waals surface area contributed by atoms with Gasteiger partial charge in [0.05, 0.1) is 17.0 Å². The second kappa shape index (κ2) is 7.67. The summed E-state index contributed by atoms with van der Waals surface area (Å²) in [6.45, 7) is 7.78. The van der Waals surface area contributed by atoms with Crippen molar-refractivity contribution in [2.24, 2.45) is 0 Å². The highest BCUT2D eigenvalue weighted by Gasteiger charge is 2.23. The predicted molar refractivity (Wildman–Crippen MR) is 114 cm³/mol. The van der Waals surface area contributed by atoms with Crippen LogP contribution in [0.25, 0.3) is 16.8 Å². The molecule has 0 radical (unpaired) electrons. The van der Waals surface area contributed by atoms with E-state index in [0.717, 1.165) is 28.1 Å². The summed E-state index contributed by atoms with van der Waals surface area (Å²) in [7, 11) is 0. The number of halogens is 1. The zero-order valence-electron chi connectivity index (χ0n) is 17.3. The van der Waals surface area contributed by atoms with E-state index < -0.39 is 0 Å². The average molecular weight is 403 g/mol. The normalized spacial score (nSPS) is 11.3. The average Bonchev–Trinajstić information content (AvgIpc) is 3.11. The number of carbonyl (C=O) groups is 1. The van der Waals surface area contributed by atoms with E-state index >= 15 is 0 Å². The first kappa shape index (κ1) is 19.7. The number of hydrogen-bond acceptors (Lipinski definition) is 4. The van der Waals surface area contributed by atoms with E-state index in [1.165, 1.54) is 12.1 Å². The zero-order valence-corrected chi connectivity index (χ0v) is 17.3. The number of amides is 1. The molecule has 152 valence electrons. The standard InChI is InChI=1S/C23H22FN5O/c1-13(2)20-19(16-9-11-17(24)12-10-16)22-27-26-21(15(4)29(22)28-20)23(30)25-18-8-6-5-7-14(18)3/h5-13H,1-4H3,(H,25,30). The highest BCUT2D eigenvalue weighted by Crippen LogP contribution is 2.32. The van der Waals surface area contributed by atoms with Gasteiger partial charge >= 0.3 is 0 Å². The molecular formula is C23H22FN5O. The summed E-state index contributed by atoms with van der Waals surface area (Å²) in [5.74, 6) is -0.546. The van der Waals surface area contributed by atoms with Crippen LogP contribution in [-0.2, 0) is 0 Å². The Labute approximate surface area is 173 Å². The molecule has 0 aliphatic heterocycles. The van der Waals surface area contributed by atoms with Crippen LogP contribution in [-0.4, -0.2) is 25.7 Å². The lowest BCUT2D eigenvalue weighted by molar-refractivity contribution is 0.102. The second-order valence-electron chi connectivity index (χ2n) is 7.56. The van der Waals surface area contributed by atoms with Gasteiger partial charge in [-0.1, -0.05) is 44.2 Å². The molecule has 0 aliphatic rings. The molecule has 0 atom stereocenters. The first-order valence-electron chi connectivity index (χ1n) is 9.75. The minimum absolute atomic E-state index is 0.107. The maximum Gasteiger partial charge on any atom is 0.278 e. The topological polar surface area (TPSA) is 72.2 Å². The van der Waals surface area contributed by atoms with Crippen LogP contribution in [0.15, 0.2) is 48.5 Å². The van der Waals surface area contributed by atoms with E-state index in [1.54, 1.807) is 23.6 Å². The molecule has 0 unspecified atom stereocenters. The summed E-state index contributed by atoms with van der Waals surface area (Å²) < 4.78 is 15.1. The molecule has 2 aromatic heterocycles. The lowest BCUT2D eigenvalue weighted by atomic mass is 9.99. The van der Waals surface area contributed by atoms with Crippen molar-refractivity contribution < 1.29 is 9.18 Å². The van der Waals surface area contributed by atoms with Gasteiger partial charge in [0.2, 0.25) is 0 Å². The summed E-state index contributed by atoms with van der Waals surface area (Å²) >= 11 is 0. The summed E-state index contributed by atoms with van der Waals surface area (Å²) in [4.78, 5) is 12.9. The number of nitrogens with zero attached hydrogens (tertiary/aromatic N) is 4. The van der Waals surface area contributed by atoms with Gasteiger partial charge in [0, 0.05) is 5.69 Å². The van der Waals surface area contributed by atoms with Gasteiger partial charge in [-0.2, -0.15) is 5.10 Å². The Morgan fingerprint density at radius 2 is 1.73 bits per heavy atom. The van der Waals surface area contributed by atoms with Crippen molar-refractivity contribution in [2.75, 3.05) is 5.32 Å². The number of aryl methyl sites for hydroxylation is 2. The fourth-order valence-electron chi connectivity index (χ4n) is 3.42. The smallest absolute Gasteiger partial charge is 0.278 e. The number of hydrogen-bond donors (Lipinski definition) is 1. The van der Waals surface area contributed by atoms with E-state index in [2.05, 4.69) is 15.5 Å². The van der Waals surface area contributed by atoms with Gasteiger partial charge in [-0.15, -0.1) is 10.2 Å². The third-order valence-electron chi connectivity index (χ3n) is 5.08. The molecule has 0 bridgehead atoms. The Kier molecular flexibility index (Phi) is 5.03. The first-order valence-corrected chi connectivity index (χ1v) is 9.75. The van der Waals surface area contributed by atoms with Crippen molar-refractivity contribution in [3.05, 3.63) is 77.0 Å². The van der Waals surface area contributed by atoms with Crippen LogP contribution in [0, 0.1) is 19.7 Å². The van der Waals surface area contributed by atoms with E-state index in [4.69, 9.17) is 5.10 Å². The molecule has 2 aromatic carbocycles. The van der Waals surface area contributed by atoms with Gasteiger partial charge in [-0.25, -0.2) is 8.91 Å². The Morgan fingerprint density at radius 1 is 1.03 bits per heavy atom. The number of rotatable bonds is 4. The fourth-order valence-corrected chi connectivity index (χ4v) is 3.42. The first-order chi connectivity index (χ1) is 14.4. The van der Waals surface area contributed by atoms with Crippen LogP contribution < -0.4 is 5.32 Å². The largest absolute Gasteiger partial charge is 0.320 e. The van der Waals surface area contributed by atoms with Gasteiger partial charge in [0.1, 0.15) is 5.82 Å². The number of carbonyl (C=O) groups excluding carboxylic acids is 1. The van der Waals surface area contributed by atoms with Crippen molar-refractivity contribution in [3.8, 4) is 11.1 Å². The molecule has 4 aromatic rings. The maximum absolute atomic E-state index is 13.4. The Hall–Kier alpha value is -3.61. The van der Waals surface area contributed by atoms with Crippen LogP contribution in [0.1, 0.15) is 47.2 Å². The lowest BCUT2D eigenvalue weighted by Gasteiger charge is -2.09. The third kappa shape index (κ3) is 3.43. The molecule has 0 aliphatic carbocycles. The molecule has 0 fully saturated rings. The number of anilines is 1. The quantitative estimate of drug-likeness (QED) is 0.525. The Bertz CT molecular complexity index is 1240. The van der Waals surface area contributed by atoms with E-state index in [-0.39, 0.29) is 23.3 Å². The Balaban J connectivity index is 1.82. The predicted octanol–water partition coefficient (Wildman–Crippen LogP) is 4.92. The second-order valence-corrected chi connectivity index (χ2v) is 7.56. The number of fused-ring (bicyclic) bond motifs is 1. The number of para-hydroxylation sites is 1. The number of aromatic nitrogens is 4. The molecule has 1 amide bonds. The number of nitrogens with one attached hydrogen (secondary N) is 1. The van der Waals surface area contributed by atoms with Gasteiger partial charge in [0.15, 0.2) is 11.3 Å². The van der Waals surface area contributed by atoms with Crippen molar-refractivity contribution in [3.63, 3.8) is 0 Å². The summed E-state index contributed by atoms with van der Waals surface area (Å²) in [6, 6.07) is 13.8. The van der Waals surface area contributed by atoms with Crippen LogP contribution in [0.4, 0.5) is 10.1 Å². The molecule has 4 rings (SSSR count). The molecule has 0 saturated heterocycles. The Morgan fingerprint density at radius 3 is 2.40 bits per heavy atom. The minimum Gasteiger partial charge on any atom is -0.320 e. The molecule has 0 saturated carbocycles. The SMILES string of the molecule is Cc1ccccc1NC(=O)c1nnc2c(-c3ccc(F)cc3)c(C(C)C)nn2c1C. The lowest BCUT2D eigenvalue weighted by Crippen LogP contribution is -2.19. The van der Waals surface area contributed by atoms with Gasteiger partial charge in [-0.05, 0) is 49.1 Å². The molecular weight excluding hydrogens is 381 g/mol.